The summed E-state index contributed by atoms with van der Waals surface area (Å²) in [4.78, 5) is 13.5. The number of carbonyl (C=O) groups is 1. The molecule has 0 spiro atoms. The van der Waals surface area contributed by atoms with Gasteiger partial charge in [0.15, 0.2) is 11.6 Å². The van der Waals surface area contributed by atoms with Crippen LogP contribution in [0.5, 0.6) is 5.75 Å². The molecule has 0 saturated heterocycles. The average molecular weight is 352 g/mol. The van der Waals surface area contributed by atoms with Crippen molar-refractivity contribution in [2.24, 2.45) is 0 Å². The molecule has 1 atom stereocenters. The van der Waals surface area contributed by atoms with Gasteiger partial charge in [-0.2, -0.15) is 0 Å². The minimum Gasteiger partial charge on any atom is -0.494 e. The van der Waals surface area contributed by atoms with Gasteiger partial charge >= 0.3 is 6.03 Å². The standard InChI is InChI=1S/C18H19F3N2O2/c1-23(11-12-6-4-3-5-7-12)18(24)22-16(17(20)21)13-8-9-15(25-2)14(19)10-13/h3-10,16-17H,11H2,1-2H3,(H,22,24). The van der Waals surface area contributed by atoms with E-state index in [9.17, 15) is 18.0 Å². The van der Waals surface area contributed by atoms with E-state index in [4.69, 9.17) is 4.74 Å². The number of hydrogen-bond acceptors (Lipinski definition) is 2. The topological polar surface area (TPSA) is 41.6 Å². The number of ether oxygens (including phenoxy) is 1. The second-order valence-electron chi connectivity index (χ2n) is 5.50. The van der Waals surface area contributed by atoms with Crippen LogP contribution < -0.4 is 10.1 Å². The van der Waals surface area contributed by atoms with Crippen LogP contribution in [0, 0.1) is 5.82 Å². The van der Waals surface area contributed by atoms with Gasteiger partial charge in [-0.1, -0.05) is 36.4 Å². The Labute approximate surface area is 144 Å². The Morgan fingerprint density at radius 1 is 1.20 bits per heavy atom. The molecule has 0 fully saturated rings. The van der Waals surface area contributed by atoms with Crippen molar-refractivity contribution in [1.29, 1.82) is 0 Å². The zero-order valence-corrected chi connectivity index (χ0v) is 13.9. The molecule has 4 nitrogen and oxygen atoms in total. The quantitative estimate of drug-likeness (QED) is 0.854. The van der Waals surface area contributed by atoms with Crippen LogP contribution in [0.4, 0.5) is 18.0 Å². The van der Waals surface area contributed by atoms with E-state index in [-0.39, 0.29) is 17.9 Å². The number of amides is 2. The Bertz CT molecular complexity index is 711. The summed E-state index contributed by atoms with van der Waals surface area (Å²) in [5, 5.41) is 2.25. The lowest BCUT2D eigenvalue weighted by atomic mass is 10.1. The lowest BCUT2D eigenvalue weighted by molar-refractivity contribution is 0.0971. The van der Waals surface area contributed by atoms with Gasteiger partial charge in [-0.25, -0.2) is 18.0 Å². The minimum absolute atomic E-state index is 0.0326. The summed E-state index contributed by atoms with van der Waals surface area (Å²) in [5.41, 5.74) is 0.832. The van der Waals surface area contributed by atoms with Crippen LogP contribution >= 0.6 is 0 Å². The van der Waals surface area contributed by atoms with Crippen LogP contribution in [0.1, 0.15) is 17.2 Å². The monoisotopic (exact) mass is 352 g/mol. The first-order valence-corrected chi connectivity index (χ1v) is 7.59. The predicted molar refractivity (Wildman–Crippen MR) is 88.1 cm³/mol. The molecule has 2 rings (SSSR count). The maximum absolute atomic E-state index is 13.8. The highest BCUT2D eigenvalue weighted by Crippen LogP contribution is 2.26. The van der Waals surface area contributed by atoms with Crippen molar-refractivity contribution in [3.8, 4) is 5.75 Å². The van der Waals surface area contributed by atoms with Crippen LogP contribution in [0.25, 0.3) is 0 Å². The van der Waals surface area contributed by atoms with Gasteiger partial charge in [0.1, 0.15) is 6.04 Å². The highest BCUT2D eigenvalue weighted by atomic mass is 19.3. The van der Waals surface area contributed by atoms with Crippen molar-refractivity contribution in [2.75, 3.05) is 14.2 Å². The molecule has 1 unspecified atom stereocenters. The fraction of sp³-hybridized carbons (Fsp3) is 0.278. The van der Waals surface area contributed by atoms with Crippen molar-refractivity contribution in [2.45, 2.75) is 19.0 Å². The van der Waals surface area contributed by atoms with Crippen molar-refractivity contribution >= 4 is 6.03 Å². The van der Waals surface area contributed by atoms with Gasteiger partial charge in [0.05, 0.1) is 7.11 Å². The van der Waals surface area contributed by atoms with E-state index in [1.807, 2.05) is 30.3 Å². The maximum Gasteiger partial charge on any atom is 0.318 e. The van der Waals surface area contributed by atoms with Crippen LogP contribution in [0.15, 0.2) is 48.5 Å². The first-order chi connectivity index (χ1) is 11.9. The van der Waals surface area contributed by atoms with Gasteiger partial charge in [-0.05, 0) is 23.3 Å². The van der Waals surface area contributed by atoms with Gasteiger partial charge < -0.3 is 15.0 Å². The fourth-order valence-electron chi connectivity index (χ4n) is 2.34. The average Bonchev–Trinajstić information content (AvgIpc) is 2.60. The van der Waals surface area contributed by atoms with E-state index >= 15 is 0 Å². The molecule has 2 aromatic rings. The summed E-state index contributed by atoms with van der Waals surface area (Å²) in [6.45, 7) is 0.263. The van der Waals surface area contributed by atoms with Gasteiger partial charge in [0, 0.05) is 13.6 Å². The Morgan fingerprint density at radius 3 is 2.44 bits per heavy atom. The Balaban J connectivity index is 2.10. The fourth-order valence-corrected chi connectivity index (χ4v) is 2.34. The molecule has 0 aliphatic heterocycles. The summed E-state index contributed by atoms with van der Waals surface area (Å²) in [6, 6.07) is 10.3. The molecular formula is C18H19F3N2O2. The van der Waals surface area contributed by atoms with E-state index < -0.39 is 24.3 Å². The van der Waals surface area contributed by atoms with Crippen LogP contribution in [-0.2, 0) is 6.54 Å². The van der Waals surface area contributed by atoms with E-state index in [1.54, 1.807) is 0 Å². The molecule has 0 saturated carbocycles. The molecule has 2 aromatic carbocycles. The molecule has 0 aliphatic carbocycles. The van der Waals surface area contributed by atoms with Crippen molar-refractivity contribution in [3.63, 3.8) is 0 Å². The third-order valence-corrected chi connectivity index (χ3v) is 3.68. The number of methoxy groups -OCH3 is 1. The van der Waals surface area contributed by atoms with E-state index in [0.29, 0.717) is 0 Å². The molecule has 2 amide bonds. The first-order valence-electron chi connectivity index (χ1n) is 7.59. The highest BCUT2D eigenvalue weighted by molar-refractivity contribution is 5.74. The second kappa shape index (κ2) is 8.41. The minimum atomic E-state index is -2.89. The molecule has 0 heterocycles. The zero-order valence-electron chi connectivity index (χ0n) is 13.9. The largest absolute Gasteiger partial charge is 0.494 e. The second-order valence-corrected chi connectivity index (χ2v) is 5.50. The predicted octanol–water partition coefficient (Wildman–Crippen LogP) is 3.98. The number of nitrogens with one attached hydrogen (secondary N) is 1. The molecule has 1 N–H and O–H groups in total. The number of rotatable bonds is 6. The molecule has 25 heavy (non-hydrogen) atoms. The number of hydrogen-bond donors (Lipinski definition) is 1. The highest BCUT2D eigenvalue weighted by Gasteiger charge is 2.26. The van der Waals surface area contributed by atoms with Crippen LogP contribution in [0.3, 0.4) is 0 Å². The number of benzene rings is 2. The normalized spacial score (nSPS) is 11.9. The molecular weight excluding hydrogens is 333 g/mol. The number of carbonyl (C=O) groups excluding carboxylic acids is 1. The summed E-state index contributed by atoms with van der Waals surface area (Å²) in [5.74, 6) is -0.818. The van der Waals surface area contributed by atoms with Crippen molar-refractivity contribution in [1.82, 2.24) is 10.2 Å². The Kier molecular flexibility index (Phi) is 6.27. The number of urea groups is 1. The summed E-state index contributed by atoms with van der Waals surface area (Å²) in [7, 11) is 2.78. The van der Waals surface area contributed by atoms with Crippen LogP contribution in [0.2, 0.25) is 0 Å². The summed E-state index contributed by atoms with van der Waals surface area (Å²) < 4.78 is 45.3. The lowest BCUT2D eigenvalue weighted by Gasteiger charge is -2.24. The lowest BCUT2D eigenvalue weighted by Crippen LogP contribution is -2.41. The van der Waals surface area contributed by atoms with E-state index in [1.165, 1.54) is 31.2 Å². The molecule has 0 aliphatic rings. The van der Waals surface area contributed by atoms with E-state index in [2.05, 4.69) is 5.32 Å². The van der Waals surface area contributed by atoms with Gasteiger partial charge in [0.25, 0.3) is 6.43 Å². The smallest absolute Gasteiger partial charge is 0.318 e. The van der Waals surface area contributed by atoms with E-state index in [0.717, 1.165) is 11.6 Å². The van der Waals surface area contributed by atoms with Crippen molar-refractivity contribution < 1.29 is 22.7 Å². The summed E-state index contributed by atoms with van der Waals surface area (Å²) >= 11 is 0. The third-order valence-electron chi connectivity index (χ3n) is 3.68. The molecule has 134 valence electrons. The first kappa shape index (κ1) is 18.6. The SMILES string of the molecule is COc1ccc(C(NC(=O)N(C)Cc2ccccc2)C(F)F)cc1F. The molecule has 0 aromatic heterocycles. The third kappa shape index (κ3) is 4.89. The summed E-state index contributed by atoms with van der Waals surface area (Å²) in [6.07, 6.45) is -2.89. The van der Waals surface area contributed by atoms with Gasteiger partial charge in [-0.3, -0.25) is 0 Å². The molecule has 0 radical (unpaired) electrons. The van der Waals surface area contributed by atoms with Crippen molar-refractivity contribution in [3.05, 3.63) is 65.5 Å². The number of halogens is 3. The zero-order chi connectivity index (χ0) is 18.4. The van der Waals surface area contributed by atoms with Crippen LogP contribution in [-0.4, -0.2) is 31.5 Å². The Hall–Kier alpha value is -2.70. The Morgan fingerprint density at radius 2 is 1.88 bits per heavy atom. The molecule has 0 bridgehead atoms. The van der Waals surface area contributed by atoms with Gasteiger partial charge in [0.2, 0.25) is 0 Å². The van der Waals surface area contributed by atoms with Gasteiger partial charge in [-0.15, -0.1) is 0 Å². The number of alkyl halides is 2. The molecule has 7 heteroatoms. The number of nitrogens with zero attached hydrogens (tertiary/aromatic N) is 1. The maximum atomic E-state index is 13.8.